The second kappa shape index (κ2) is 7.90. The highest BCUT2D eigenvalue weighted by molar-refractivity contribution is 9.10. The Labute approximate surface area is 154 Å². The molecule has 6 heteroatoms. The molecule has 0 saturated heterocycles. The van der Waals surface area contributed by atoms with E-state index in [9.17, 15) is 4.79 Å². The predicted octanol–water partition coefficient (Wildman–Crippen LogP) is 4.80. The van der Waals surface area contributed by atoms with Gasteiger partial charge >= 0.3 is 0 Å². The topological polar surface area (TPSA) is 66.9 Å². The average molecular weight is 397 g/mol. The molecular formula is C19H17BrN4O. The van der Waals surface area contributed by atoms with E-state index in [0.717, 1.165) is 22.1 Å². The first-order valence-corrected chi connectivity index (χ1v) is 8.70. The number of carbonyl (C=O) groups is 1. The van der Waals surface area contributed by atoms with Gasteiger partial charge in [-0.2, -0.15) is 0 Å². The summed E-state index contributed by atoms with van der Waals surface area (Å²) in [4.78, 5) is 20.9. The molecule has 0 spiro atoms. The van der Waals surface area contributed by atoms with Crippen LogP contribution in [0.1, 0.15) is 23.0 Å². The summed E-state index contributed by atoms with van der Waals surface area (Å²) in [6.07, 6.45) is 2.47. The van der Waals surface area contributed by atoms with Crippen LogP contribution < -0.4 is 10.6 Å². The van der Waals surface area contributed by atoms with Crippen molar-refractivity contribution in [2.24, 2.45) is 0 Å². The van der Waals surface area contributed by atoms with E-state index in [1.165, 1.54) is 0 Å². The van der Waals surface area contributed by atoms with E-state index in [0.29, 0.717) is 17.3 Å². The number of aryl methyl sites for hydroxylation is 1. The number of hydrogen-bond acceptors (Lipinski definition) is 4. The third-order valence-corrected chi connectivity index (χ3v) is 4.16. The number of rotatable bonds is 5. The lowest BCUT2D eigenvalue weighted by Crippen LogP contribution is -2.14. The number of benzene rings is 2. The molecule has 0 atom stereocenters. The standard InChI is InChI=1S/C19H17BrN4O/c1-2-13-5-3-4-6-16(13)23-19-21-12-11-17(24-19)18(25)22-15-9-7-14(20)8-10-15/h3-12H,2H2,1H3,(H,22,25)(H,21,23,24). The maximum Gasteiger partial charge on any atom is 0.274 e. The van der Waals surface area contributed by atoms with Gasteiger partial charge in [-0.1, -0.05) is 41.1 Å². The van der Waals surface area contributed by atoms with E-state index < -0.39 is 0 Å². The second-order valence-corrected chi connectivity index (χ2v) is 6.28. The van der Waals surface area contributed by atoms with Crippen LogP contribution in [0.4, 0.5) is 17.3 Å². The number of para-hydroxylation sites is 1. The molecule has 3 aromatic rings. The molecule has 1 aromatic heterocycles. The van der Waals surface area contributed by atoms with Gasteiger partial charge in [0.25, 0.3) is 5.91 Å². The number of nitrogens with zero attached hydrogens (tertiary/aromatic N) is 2. The molecule has 25 heavy (non-hydrogen) atoms. The Morgan fingerprint density at radius 2 is 1.84 bits per heavy atom. The van der Waals surface area contributed by atoms with E-state index in [4.69, 9.17) is 0 Å². The second-order valence-electron chi connectivity index (χ2n) is 5.36. The minimum Gasteiger partial charge on any atom is -0.324 e. The molecule has 0 aliphatic carbocycles. The third-order valence-electron chi connectivity index (χ3n) is 3.64. The fourth-order valence-corrected chi connectivity index (χ4v) is 2.61. The van der Waals surface area contributed by atoms with Crippen molar-refractivity contribution in [1.29, 1.82) is 0 Å². The van der Waals surface area contributed by atoms with Crippen molar-refractivity contribution >= 4 is 39.2 Å². The van der Waals surface area contributed by atoms with Gasteiger partial charge in [0.2, 0.25) is 5.95 Å². The molecule has 5 nitrogen and oxygen atoms in total. The van der Waals surface area contributed by atoms with Crippen LogP contribution in [0.15, 0.2) is 65.3 Å². The summed E-state index contributed by atoms with van der Waals surface area (Å²) < 4.78 is 0.952. The van der Waals surface area contributed by atoms with Crippen molar-refractivity contribution in [3.8, 4) is 0 Å². The molecular weight excluding hydrogens is 380 g/mol. The molecule has 0 saturated carbocycles. The summed E-state index contributed by atoms with van der Waals surface area (Å²) in [5.74, 6) is 0.112. The highest BCUT2D eigenvalue weighted by Crippen LogP contribution is 2.19. The maximum atomic E-state index is 12.4. The average Bonchev–Trinajstić information content (AvgIpc) is 2.64. The van der Waals surface area contributed by atoms with Crippen LogP contribution in [0.2, 0.25) is 0 Å². The smallest absolute Gasteiger partial charge is 0.274 e. The fraction of sp³-hybridized carbons (Fsp3) is 0.105. The van der Waals surface area contributed by atoms with Gasteiger partial charge in [0.05, 0.1) is 0 Å². The Morgan fingerprint density at radius 1 is 1.08 bits per heavy atom. The Morgan fingerprint density at radius 3 is 2.60 bits per heavy atom. The zero-order valence-corrected chi connectivity index (χ0v) is 15.2. The number of aromatic nitrogens is 2. The van der Waals surface area contributed by atoms with Crippen molar-refractivity contribution in [1.82, 2.24) is 9.97 Å². The molecule has 0 aliphatic rings. The van der Waals surface area contributed by atoms with E-state index in [2.05, 4.69) is 43.5 Å². The van der Waals surface area contributed by atoms with Crippen molar-refractivity contribution in [2.45, 2.75) is 13.3 Å². The van der Waals surface area contributed by atoms with Gasteiger partial charge in [0.1, 0.15) is 5.69 Å². The molecule has 0 fully saturated rings. The Kier molecular flexibility index (Phi) is 5.40. The summed E-state index contributed by atoms with van der Waals surface area (Å²) in [7, 11) is 0. The van der Waals surface area contributed by atoms with Crippen LogP contribution >= 0.6 is 15.9 Å². The molecule has 0 aliphatic heterocycles. The molecule has 0 radical (unpaired) electrons. The first-order valence-electron chi connectivity index (χ1n) is 7.90. The SMILES string of the molecule is CCc1ccccc1Nc1nccc(C(=O)Nc2ccc(Br)cc2)n1. The van der Waals surface area contributed by atoms with Crippen LogP contribution in [0.5, 0.6) is 0 Å². The summed E-state index contributed by atoms with van der Waals surface area (Å²) in [6, 6.07) is 16.9. The van der Waals surface area contributed by atoms with Crippen LogP contribution in [0, 0.1) is 0 Å². The lowest BCUT2D eigenvalue weighted by atomic mass is 10.1. The van der Waals surface area contributed by atoms with Crippen LogP contribution in [-0.2, 0) is 6.42 Å². The number of anilines is 3. The molecule has 1 amide bonds. The molecule has 1 heterocycles. The van der Waals surface area contributed by atoms with Gasteiger partial charge in [-0.3, -0.25) is 4.79 Å². The number of halogens is 1. The molecule has 0 bridgehead atoms. The molecule has 2 N–H and O–H groups in total. The zero-order valence-electron chi connectivity index (χ0n) is 13.7. The van der Waals surface area contributed by atoms with Gasteiger partial charge in [0, 0.05) is 22.0 Å². The third kappa shape index (κ3) is 4.42. The van der Waals surface area contributed by atoms with Crippen molar-refractivity contribution in [3.63, 3.8) is 0 Å². The zero-order chi connectivity index (χ0) is 17.6. The van der Waals surface area contributed by atoms with Crippen molar-refractivity contribution in [3.05, 3.63) is 76.5 Å². The lowest BCUT2D eigenvalue weighted by molar-refractivity contribution is 0.102. The Bertz CT molecular complexity index is 881. The predicted molar refractivity (Wildman–Crippen MR) is 103 cm³/mol. The highest BCUT2D eigenvalue weighted by atomic mass is 79.9. The Balaban J connectivity index is 1.76. The van der Waals surface area contributed by atoms with Crippen LogP contribution in [-0.4, -0.2) is 15.9 Å². The Hall–Kier alpha value is -2.73. The minimum atomic E-state index is -0.281. The summed E-state index contributed by atoms with van der Waals surface area (Å²) >= 11 is 3.37. The number of carbonyl (C=O) groups excluding carboxylic acids is 1. The van der Waals surface area contributed by atoms with Gasteiger partial charge in [0.15, 0.2) is 0 Å². The monoisotopic (exact) mass is 396 g/mol. The number of nitrogens with one attached hydrogen (secondary N) is 2. The first-order chi connectivity index (χ1) is 12.2. The van der Waals surface area contributed by atoms with Crippen molar-refractivity contribution < 1.29 is 4.79 Å². The summed E-state index contributed by atoms with van der Waals surface area (Å²) in [6.45, 7) is 2.09. The lowest BCUT2D eigenvalue weighted by Gasteiger charge is -2.10. The maximum absolute atomic E-state index is 12.4. The van der Waals surface area contributed by atoms with E-state index in [-0.39, 0.29) is 5.91 Å². The van der Waals surface area contributed by atoms with Gasteiger partial charge in [-0.25, -0.2) is 9.97 Å². The summed E-state index contributed by atoms with van der Waals surface area (Å²) in [5, 5.41) is 6.00. The minimum absolute atomic E-state index is 0.281. The molecule has 126 valence electrons. The normalized spacial score (nSPS) is 10.3. The highest BCUT2D eigenvalue weighted by Gasteiger charge is 2.10. The van der Waals surface area contributed by atoms with Gasteiger partial charge < -0.3 is 10.6 Å². The van der Waals surface area contributed by atoms with E-state index in [1.807, 2.05) is 48.5 Å². The van der Waals surface area contributed by atoms with E-state index >= 15 is 0 Å². The first kappa shape index (κ1) is 17.1. The van der Waals surface area contributed by atoms with Crippen molar-refractivity contribution in [2.75, 3.05) is 10.6 Å². The number of hydrogen-bond donors (Lipinski definition) is 2. The van der Waals surface area contributed by atoms with E-state index in [1.54, 1.807) is 12.3 Å². The van der Waals surface area contributed by atoms with Gasteiger partial charge in [-0.15, -0.1) is 0 Å². The number of amides is 1. The van der Waals surface area contributed by atoms with Crippen LogP contribution in [0.25, 0.3) is 0 Å². The molecule has 0 unspecified atom stereocenters. The molecule has 2 aromatic carbocycles. The molecule has 3 rings (SSSR count). The fourth-order valence-electron chi connectivity index (χ4n) is 2.34. The largest absolute Gasteiger partial charge is 0.324 e. The van der Waals surface area contributed by atoms with Gasteiger partial charge in [-0.05, 0) is 48.4 Å². The quantitative estimate of drug-likeness (QED) is 0.649. The van der Waals surface area contributed by atoms with Crippen LogP contribution in [0.3, 0.4) is 0 Å². The summed E-state index contributed by atoms with van der Waals surface area (Å²) in [5.41, 5.74) is 3.11.